The van der Waals surface area contributed by atoms with Crippen molar-refractivity contribution in [3.05, 3.63) is 57.5 Å². The maximum absolute atomic E-state index is 12.1. The molecule has 0 N–H and O–H groups in total. The van der Waals surface area contributed by atoms with E-state index in [0.717, 1.165) is 6.42 Å². The number of aryl methyl sites for hydroxylation is 2. The fraction of sp³-hybridized carbons (Fsp3) is 0.267. The molecule has 2 aromatic rings. The molecule has 0 atom stereocenters. The van der Waals surface area contributed by atoms with Gasteiger partial charge < -0.3 is 0 Å². The first-order valence-corrected chi connectivity index (χ1v) is 7.47. The van der Waals surface area contributed by atoms with Crippen LogP contribution in [0.1, 0.15) is 16.8 Å². The number of nitriles is 1. The van der Waals surface area contributed by atoms with E-state index in [1.165, 1.54) is 21.9 Å². The molecule has 5 heteroatoms. The summed E-state index contributed by atoms with van der Waals surface area (Å²) in [4.78, 5) is 16.5. The van der Waals surface area contributed by atoms with Gasteiger partial charge in [-0.15, -0.1) is 0 Å². The minimum absolute atomic E-state index is 0.154. The van der Waals surface area contributed by atoms with Gasteiger partial charge >= 0.3 is 0 Å². The van der Waals surface area contributed by atoms with E-state index in [1.807, 2.05) is 42.7 Å². The first-order valence-electron chi connectivity index (χ1n) is 6.25. The molecule has 1 aromatic carbocycles. The van der Waals surface area contributed by atoms with E-state index in [4.69, 9.17) is 0 Å². The van der Waals surface area contributed by atoms with Crippen molar-refractivity contribution in [1.29, 1.82) is 5.26 Å². The smallest absolute Gasteiger partial charge is 0.272 e. The molecule has 0 fully saturated rings. The summed E-state index contributed by atoms with van der Waals surface area (Å²) in [6.07, 6.45) is 3.23. The number of thioether (sulfide) groups is 1. The number of rotatable bonds is 4. The van der Waals surface area contributed by atoms with Crippen molar-refractivity contribution in [3.63, 3.8) is 0 Å². The van der Waals surface area contributed by atoms with Crippen LogP contribution in [-0.2, 0) is 19.9 Å². The van der Waals surface area contributed by atoms with Crippen LogP contribution in [0, 0.1) is 11.3 Å². The maximum atomic E-state index is 12.1. The van der Waals surface area contributed by atoms with Crippen LogP contribution in [0.25, 0.3) is 0 Å². The molecule has 0 spiro atoms. The SMILES string of the molecule is CSc1nc(CCc2ccccc2)c(C#N)c(=O)n1C. The monoisotopic (exact) mass is 285 g/mol. The van der Waals surface area contributed by atoms with Crippen LogP contribution in [0.2, 0.25) is 0 Å². The highest BCUT2D eigenvalue weighted by Gasteiger charge is 2.13. The molecule has 0 bridgehead atoms. The van der Waals surface area contributed by atoms with Crippen LogP contribution in [0.5, 0.6) is 0 Å². The van der Waals surface area contributed by atoms with E-state index in [0.29, 0.717) is 17.3 Å². The zero-order chi connectivity index (χ0) is 14.5. The molecular weight excluding hydrogens is 270 g/mol. The lowest BCUT2D eigenvalue weighted by Gasteiger charge is -2.09. The minimum atomic E-state index is -0.269. The van der Waals surface area contributed by atoms with Crippen molar-refractivity contribution >= 4 is 11.8 Å². The highest BCUT2D eigenvalue weighted by atomic mass is 32.2. The second kappa shape index (κ2) is 6.40. The maximum Gasteiger partial charge on any atom is 0.272 e. The van der Waals surface area contributed by atoms with Crippen LogP contribution in [0.4, 0.5) is 0 Å². The minimum Gasteiger partial charge on any atom is -0.290 e. The lowest BCUT2D eigenvalue weighted by molar-refractivity contribution is 0.681. The average Bonchev–Trinajstić information content (AvgIpc) is 2.49. The van der Waals surface area contributed by atoms with Crippen LogP contribution in [0.3, 0.4) is 0 Å². The highest BCUT2D eigenvalue weighted by molar-refractivity contribution is 7.98. The number of hydrogen-bond donors (Lipinski definition) is 0. The van der Waals surface area contributed by atoms with E-state index in [-0.39, 0.29) is 11.1 Å². The second-order valence-corrected chi connectivity index (χ2v) is 5.16. The standard InChI is InChI=1S/C15H15N3OS/c1-18-14(19)12(10-16)13(17-15(18)20-2)9-8-11-6-4-3-5-7-11/h3-7H,8-9H2,1-2H3. The largest absolute Gasteiger partial charge is 0.290 e. The Morgan fingerprint density at radius 3 is 2.60 bits per heavy atom. The molecule has 4 nitrogen and oxygen atoms in total. The fourth-order valence-electron chi connectivity index (χ4n) is 2.01. The Labute approximate surface area is 122 Å². The Morgan fingerprint density at radius 1 is 1.30 bits per heavy atom. The molecule has 102 valence electrons. The van der Waals surface area contributed by atoms with Gasteiger partial charge in [-0.2, -0.15) is 5.26 Å². The summed E-state index contributed by atoms with van der Waals surface area (Å²) in [7, 11) is 1.64. The normalized spacial score (nSPS) is 10.2. The Balaban J connectivity index is 2.34. The molecule has 0 radical (unpaired) electrons. The van der Waals surface area contributed by atoms with Gasteiger partial charge in [0.25, 0.3) is 5.56 Å². The number of hydrogen-bond acceptors (Lipinski definition) is 4. The van der Waals surface area contributed by atoms with Gasteiger partial charge in [-0.3, -0.25) is 9.36 Å². The Bertz CT molecular complexity index is 702. The number of nitrogens with zero attached hydrogens (tertiary/aromatic N) is 3. The predicted molar refractivity (Wildman–Crippen MR) is 79.8 cm³/mol. The molecule has 1 heterocycles. The Kier molecular flexibility index (Phi) is 4.59. The number of aromatic nitrogens is 2. The van der Waals surface area contributed by atoms with E-state index < -0.39 is 0 Å². The molecule has 0 aliphatic carbocycles. The zero-order valence-corrected chi connectivity index (χ0v) is 12.3. The van der Waals surface area contributed by atoms with Crippen molar-refractivity contribution in [1.82, 2.24) is 9.55 Å². The summed E-state index contributed by atoms with van der Waals surface area (Å²) in [5.41, 5.74) is 1.64. The zero-order valence-electron chi connectivity index (χ0n) is 11.5. The van der Waals surface area contributed by atoms with Crippen LogP contribution in [0.15, 0.2) is 40.3 Å². The van der Waals surface area contributed by atoms with E-state index >= 15 is 0 Å². The van der Waals surface area contributed by atoms with E-state index in [1.54, 1.807) is 7.05 Å². The summed E-state index contributed by atoms with van der Waals surface area (Å²) in [6, 6.07) is 12.0. The molecule has 2 rings (SSSR count). The summed E-state index contributed by atoms with van der Waals surface area (Å²) in [5.74, 6) is 0. The van der Waals surface area contributed by atoms with E-state index in [2.05, 4.69) is 4.98 Å². The first-order chi connectivity index (χ1) is 9.67. The molecule has 0 unspecified atom stereocenters. The molecule has 0 saturated carbocycles. The van der Waals surface area contributed by atoms with Crippen molar-refractivity contribution in [3.8, 4) is 6.07 Å². The van der Waals surface area contributed by atoms with Gasteiger partial charge in [0.2, 0.25) is 0 Å². The van der Waals surface area contributed by atoms with Gasteiger partial charge in [-0.1, -0.05) is 42.1 Å². The van der Waals surface area contributed by atoms with E-state index in [9.17, 15) is 10.1 Å². The quantitative estimate of drug-likeness (QED) is 0.638. The topological polar surface area (TPSA) is 58.7 Å². The lowest BCUT2D eigenvalue weighted by atomic mass is 10.1. The molecule has 1 aromatic heterocycles. The Morgan fingerprint density at radius 2 is 2.00 bits per heavy atom. The first kappa shape index (κ1) is 14.4. The third kappa shape index (κ3) is 2.91. The average molecular weight is 285 g/mol. The van der Waals surface area contributed by atoms with Crippen molar-refractivity contribution in [2.45, 2.75) is 18.0 Å². The molecule has 0 amide bonds. The second-order valence-electron chi connectivity index (χ2n) is 4.38. The van der Waals surface area contributed by atoms with Crippen LogP contribution < -0.4 is 5.56 Å². The summed E-state index contributed by atoms with van der Waals surface area (Å²) in [6.45, 7) is 0. The van der Waals surface area contributed by atoms with Gasteiger partial charge in [0.05, 0.1) is 5.69 Å². The molecule has 0 aliphatic rings. The number of benzene rings is 1. The predicted octanol–water partition coefficient (Wildman–Crippen LogP) is 2.16. The van der Waals surface area contributed by atoms with Crippen LogP contribution >= 0.6 is 11.8 Å². The van der Waals surface area contributed by atoms with Gasteiger partial charge in [-0.05, 0) is 24.7 Å². The van der Waals surface area contributed by atoms with Gasteiger partial charge in [0.15, 0.2) is 5.16 Å². The summed E-state index contributed by atoms with van der Waals surface area (Å²) >= 11 is 1.41. The Hall–Kier alpha value is -2.06. The molecular formula is C15H15N3OS. The lowest BCUT2D eigenvalue weighted by Crippen LogP contribution is -2.25. The van der Waals surface area contributed by atoms with Gasteiger partial charge in [0.1, 0.15) is 11.6 Å². The van der Waals surface area contributed by atoms with Crippen molar-refractivity contribution in [2.75, 3.05) is 6.26 Å². The fourth-order valence-corrected chi connectivity index (χ4v) is 2.57. The third-order valence-corrected chi connectivity index (χ3v) is 3.84. The summed E-state index contributed by atoms with van der Waals surface area (Å²) < 4.78 is 1.43. The molecule has 0 saturated heterocycles. The molecule has 0 aliphatic heterocycles. The molecule has 20 heavy (non-hydrogen) atoms. The van der Waals surface area contributed by atoms with Crippen molar-refractivity contribution in [2.24, 2.45) is 7.05 Å². The van der Waals surface area contributed by atoms with Gasteiger partial charge in [0, 0.05) is 7.05 Å². The van der Waals surface area contributed by atoms with Crippen molar-refractivity contribution < 1.29 is 0 Å². The summed E-state index contributed by atoms with van der Waals surface area (Å²) in [5, 5.41) is 9.81. The van der Waals surface area contributed by atoms with Crippen LogP contribution in [-0.4, -0.2) is 15.8 Å². The third-order valence-electron chi connectivity index (χ3n) is 3.11. The highest BCUT2D eigenvalue weighted by Crippen LogP contribution is 2.13. The van der Waals surface area contributed by atoms with Gasteiger partial charge in [-0.25, -0.2) is 4.98 Å².